The molecule has 1 aromatic carbocycles. The second-order valence-electron chi connectivity index (χ2n) is 3.85. The Morgan fingerprint density at radius 2 is 1.74 bits per heavy atom. The summed E-state index contributed by atoms with van der Waals surface area (Å²) in [5, 5.41) is 6.54. The van der Waals surface area contributed by atoms with E-state index < -0.39 is 0 Å². The van der Waals surface area contributed by atoms with Crippen LogP contribution in [0.2, 0.25) is 0 Å². The van der Waals surface area contributed by atoms with Crippen LogP contribution in [-0.4, -0.2) is 16.8 Å². The summed E-state index contributed by atoms with van der Waals surface area (Å²) < 4.78 is 12.7. The lowest BCUT2D eigenvalue weighted by molar-refractivity contribution is 0.628. The van der Waals surface area contributed by atoms with Crippen LogP contribution < -0.4 is 21.5 Å². The van der Waals surface area contributed by atoms with E-state index in [4.69, 9.17) is 24.4 Å². The fourth-order valence-electron chi connectivity index (χ4n) is 1.08. The van der Waals surface area contributed by atoms with Crippen LogP contribution in [-0.2, 0) is 0 Å². The van der Waals surface area contributed by atoms with Gasteiger partial charge in [-0.3, -0.25) is 10.9 Å². The van der Waals surface area contributed by atoms with E-state index >= 15 is 0 Å². The highest BCUT2D eigenvalue weighted by Crippen LogP contribution is 2.07. The smallest absolute Gasteiger partial charge is 0.189 e. The molecule has 0 bridgehead atoms. The van der Waals surface area contributed by atoms with Gasteiger partial charge in [0.2, 0.25) is 0 Å². The molecule has 4 nitrogen and oxygen atoms in total. The Balaban J connectivity index is 2.29. The van der Waals surface area contributed by atoms with E-state index in [1.54, 1.807) is 12.1 Å². The minimum atomic E-state index is -0.298. The molecule has 19 heavy (non-hydrogen) atoms. The standard InChI is InChI=1S/C12H15FN4S2/c1-8(2)7-14-11(18)16-17-12(19)15-10-5-3-9(13)4-6-10/h3-6H,1,7H2,2H3,(H2,14,16,18)(H2,15,17,19). The summed E-state index contributed by atoms with van der Waals surface area (Å²) in [4.78, 5) is 0. The Morgan fingerprint density at radius 3 is 2.32 bits per heavy atom. The first-order valence-corrected chi connectivity index (χ1v) is 6.30. The molecule has 4 N–H and O–H groups in total. The van der Waals surface area contributed by atoms with Crippen molar-refractivity contribution in [2.75, 3.05) is 11.9 Å². The summed E-state index contributed by atoms with van der Waals surface area (Å²) in [5.74, 6) is -0.298. The Bertz CT molecular complexity index is 473. The van der Waals surface area contributed by atoms with Crippen molar-refractivity contribution >= 4 is 40.3 Å². The first-order chi connectivity index (χ1) is 8.97. The molecule has 7 heteroatoms. The first kappa shape index (κ1) is 15.3. The average molecular weight is 298 g/mol. The fourth-order valence-corrected chi connectivity index (χ4v) is 1.38. The lowest BCUT2D eigenvalue weighted by atomic mass is 10.3. The monoisotopic (exact) mass is 298 g/mol. The molecule has 0 aromatic heterocycles. The normalized spacial score (nSPS) is 9.37. The highest BCUT2D eigenvalue weighted by atomic mass is 32.1. The first-order valence-electron chi connectivity index (χ1n) is 5.48. The fraction of sp³-hybridized carbons (Fsp3) is 0.167. The molecular formula is C12H15FN4S2. The molecular weight excluding hydrogens is 283 g/mol. The predicted octanol–water partition coefficient (Wildman–Crippen LogP) is 2.07. The van der Waals surface area contributed by atoms with Crippen LogP contribution in [0.1, 0.15) is 6.92 Å². The van der Waals surface area contributed by atoms with Gasteiger partial charge in [-0.2, -0.15) is 0 Å². The Hall–Kier alpha value is -1.73. The van der Waals surface area contributed by atoms with Crippen molar-refractivity contribution in [1.82, 2.24) is 16.2 Å². The summed E-state index contributed by atoms with van der Waals surface area (Å²) in [7, 11) is 0. The molecule has 0 unspecified atom stereocenters. The van der Waals surface area contributed by atoms with Gasteiger partial charge in [0, 0.05) is 12.2 Å². The van der Waals surface area contributed by atoms with E-state index in [0.29, 0.717) is 22.5 Å². The summed E-state index contributed by atoms with van der Waals surface area (Å²) >= 11 is 10.0. The van der Waals surface area contributed by atoms with Crippen molar-refractivity contribution in [1.29, 1.82) is 0 Å². The van der Waals surface area contributed by atoms with Crippen molar-refractivity contribution in [3.8, 4) is 0 Å². The highest BCUT2D eigenvalue weighted by Gasteiger charge is 1.99. The SMILES string of the molecule is C=C(C)CNC(=S)NNC(=S)Nc1ccc(F)cc1. The molecule has 0 radical (unpaired) electrons. The zero-order valence-corrected chi connectivity index (χ0v) is 12.1. The number of thiocarbonyl (C=S) groups is 2. The summed E-state index contributed by atoms with van der Waals surface area (Å²) in [5.41, 5.74) is 7.08. The summed E-state index contributed by atoms with van der Waals surface area (Å²) in [6.45, 7) is 6.23. The van der Waals surface area contributed by atoms with Crippen LogP contribution in [0.3, 0.4) is 0 Å². The molecule has 0 amide bonds. The van der Waals surface area contributed by atoms with Gasteiger partial charge in [-0.15, -0.1) is 0 Å². The minimum absolute atomic E-state index is 0.298. The van der Waals surface area contributed by atoms with Gasteiger partial charge in [-0.25, -0.2) is 4.39 Å². The predicted molar refractivity (Wildman–Crippen MR) is 84.3 cm³/mol. The maximum atomic E-state index is 12.7. The van der Waals surface area contributed by atoms with E-state index in [-0.39, 0.29) is 5.82 Å². The third-order valence-electron chi connectivity index (χ3n) is 1.94. The van der Waals surface area contributed by atoms with Crippen molar-refractivity contribution in [3.63, 3.8) is 0 Å². The molecule has 0 atom stereocenters. The van der Waals surface area contributed by atoms with Crippen molar-refractivity contribution in [2.45, 2.75) is 6.92 Å². The van der Waals surface area contributed by atoms with Crippen LogP contribution in [0.4, 0.5) is 10.1 Å². The largest absolute Gasteiger partial charge is 0.358 e. The zero-order chi connectivity index (χ0) is 14.3. The zero-order valence-electron chi connectivity index (χ0n) is 10.4. The number of hydrogen-bond acceptors (Lipinski definition) is 2. The van der Waals surface area contributed by atoms with Gasteiger partial charge >= 0.3 is 0 Å². The lowest BCUT2D eigenvalue weighted by Crippen LogP contribution is -2.48. The van der Waals surface area contributed by atoms with Gasteiger partial charge in [0.25, 0.3) is 0 Å². The van der Waals surface area contributed by atoms with Crippen LogP contribution in [0, 0.1) is 5.82 Å². The van der Waals surface area contributed by atoms with E-state index in [2.05, 4.69) is 28.1 Å². The van der Waals surface area contributed by atoms with Gasteiger partial charge in [0.1, 0.15) is 5.82 Å². The topological polar surface area (TPSA) is 48.1 Å². The van der Waals surface area contributed by atoms with Gasteiger partial charge < -0.3 is 10.6 Å². The van der Waals surface area contributed by atoms with E-state index in [9.17, 15) is 4.39 Å². The maximum absolute atomic E-state index is 12.7. The Kier molecular flexibility index (Phi) is 6.17. The third-order valence-corrected chi connectivity index (χ3v) is 2.39. The molecule has 0 saturated heterocycles. The number of benzene rings is 1. The maximum Gasteiger partial charge on any atom is 0.189 e. The number of nitrogens with one attached hydrogen (secondary N) is 4. The van der Waals surface area contributed by atoms with Gasteiger partial charge in [0.05, 0.1) is 0 Å². The molecule has 1 aromatic rings. The molecule has 0 saturated carbocycles. The number of anilines is 1. The second kappa shape index (κ2) is 7.65. The molecule has 0 aliphatic rings. The molecule has 0 fully saturated rings. The molecule has 0 aliphatic carbocycles. The van der Waals surface area contributed by atoms with E-state index in [0.717, 1.165) is 5.57 Å². The highest BCUT2D eigenvalue weighted by molar-refractivity contribution is 7.80. The third kappa shape index (κ3) is 6.68. The number of hydrogen-bond donors (Lipinski definition) is 4. The minimum Gasteiger partial charge on any atom is -0.358 e. The van der Waals surface area contributed by atoms with Gasteiger partial charge in [-0.1, -0.05) is 12.2 Å². The number of halogens is 1. The van der Waals surface area contributed by atoms with E-state index in [1.807, 2.05) is 6.92 Å². The number of rotatable bonds is 3. The Morgan fingerprint density at radius 1 is 1.16 bits per heavy atom. The molecule has 0 heterocycles. The second-order valence-corrected chi connectivity index (χ2v) is 4.67. The molecule has 0 aliphatic heterocycles. The summed E-state index contributed by atoms with van der Waals surface area (Å²) in [6.07, 6.45) is 0. The van der Waals surface area contributed by atoms with Crippen molar-refractivity contribution < 1.29 is 4.39 Å². The lowest BCUT2D eigenvalue weighted by Gasteiger charge is -2.14. The van der Waals surface area contributed by atoms with Crippen LogP contribution in [0.25, 0.3) is 0 Å². The van der Waals surface area contributed by atoms with Crippen LogP contribution in [0.5, 0.6) is 0 Å². The Labute approximate surface area is 122 Å². The van der Waals surface area contributed by atoms with Gasteiger partial charge in [0.15, 0.2) is 10.2 Å². The van der Waals surface area contributed by atoms with Crippen LogP contribution >= 0.6 is 24.4 Å². The van der Waals surface area contributed by atoms with Gasteiger partial charge in [-0.05, 0) is 55.6 Å². The molecule has 1 rings (SSSR count). The van der Waals surface area contributed by atoms with Crippen LogP contribution in [0.15, 0.2) is 36.4 Å². The summed E-state index contributed by atoms with van der Waals surface area (Å²) in [6, 6.07) is 5.86. The number of hydrazine groups is 1. The van der Waals surface area contributed by atoms with E-state index in [1.165, 1.54) is 12.1 Å². The van der Waals surface area contributed by atoms with Crippen molar-refractivity contribution in [3.05, 3.63) is 42.2 Å². The molecule has 102 valence electrons. The molecule has 0 spiro atoms. The quantitative estimate of drug-likeness (QED) is 0.389. The van der Waals surface area contributed by atoms with Crippen molar-refractivity contribution in [2.24, 2.45) is 0 Å². The average Bonchev–Trinajstić information content (AvgIpc) is 2.36.